The first-order valence-electron chi connectivity index (χ1n) is 8.09. The number of hydrogen-bond acceptors (Lipinski definition) is 3. The van der Waals surface area contributed by atoms with Crippen LogP contribution in [-0.2, 0) is 0 Å². The Hall–Kier alpha value is -1.06. The van der Waals surface area contributed by atoms with Crippen molar-refractivity contribution < 1.29 is 9.84 Å². The maximum atomic E-state index is 9.98. The molecule has 0 aliphatic rings. The highest BCUT2D eigenvalue weighted by molar-refractivity contribution is 5.31. The first-order chi connectivity index (χ1) is 9.99. The predicted molar refractivity (Wildman–Crippen MR) is 88.8 cm³/mol. The van der Waals surface area contributed by atoms with E-state index in [0.717, 1.165) is 23.7 Å². The molecule has 0 saturated carbocycles. The van der Waals surface area contributed by atoms with Crippen LogP contribution in [0.25, 0.3) is 0 Å². The Kier molecular flexibility index (Phi) is 8.40. The molecule has 1 aromatic carbocycles. The van der Waals surface area contributed by atoms with Gasteiger partial charge in [0.05, 0.1) is 0 Å². The first kappa shape index (κ1) is 18.0. The number of rotatable bonds is 10. The number of aliphatic hydroxyl groups excluding tert-OH is 1. The van der Waals surface area contributed by atoms with Crippen molar-refractivity contribution in [3.63, 3.8) is 0 Å². The van der Waals surface area contributed by atoms with Gasteiger partial charge in [-0.15, -0.1) is 0 Å². The second kappa shape index (κ2) is 9.80. The Morgan fingerprint density at radius 3 is 2.52 bits per heavy atom. The van der Waals surface area contributed by atoms with E-state index < -0.39 is 6.10 Å². The van der Waals surface area contributed by atoms with E-state index in [1.807, 2.05) is 31.2 Å². The molecule has 0 spiro atoms. The van der Waals surface area contributed by atoms with Crippen LogP contribution in [0.5, 0.6) is 5.75 Å². The van der Waals surface area contributed by atoms with Crippen LogP contribution in [0.15, 0.2) is 24.3 Å². The molecule has 0 bridgehead atoms. The van der Waals surface area contributed by atoms with Gasteiger partial charge in [0.1, 0.15) is 18.5 Å². The number of ether oxygens (including phenoxy) is 1. The highest BCUT2D eigenvalue weighted by Gasteiger charge is 2.09. The molecule has 2 N–H and O–H groups in total. The van der Waals surface area contributed by atoms with E-state index in [0.29, 0.717) is 19.2 Å². The highest BCUT2D eigenvalue weighted by atomic mass is 16.5. The van der Waals surface area contributed by atoms with E-state index in [-0.39, 0.29) is 0 Å². The van der Waals surface area contributed by atoms with Gasteiger partial charge >= 0.3 is 0 Å². The van der Waals surface area contributed by atoms with E-state index in [1.54, 1.807) is 0 Å². The van der Waals surface area contributed by atoms with Gasteiger partial charge in [0.15, 0.2) is 0 Å². The lowest BCUT2D eigenvalue weighted by Crippen LogP contribution is -2.36. The van der Waals surface area contributed by atoms with Crippen LogP contribution in [-0.4, -0.2) is 30.4 Å². The molecule has 21 heavy (non-hydrogen) atoms. The fourth-order valence-corrected chi connectivity index (χ4v) is 2.23. The summed E-state index contributed by atoms with van der Waals surface area (Å²) in [7, 11) is 0. The molecular weight excluding hydrogens is 262 g/mol. The van der Waals surface area contributed by atoms with Crippen molar-refractivity contribution in [2.45, 2.75) is 59.1 Å². The van der Waals surface area contributed by atoms with Crippen LogP contribution in [0.1, 0.15) is 45.6 Å². The molecular formula is C18H31NO2. The van der Waals surface area contributed by atoms with Gasteiger partial charge in [-0.25, -0.2) is 0 Å². The van der Waals surface area contributed by atoms with Crippen LogP contribution in [0, 0.1) is 12.8 Å². The normalized spacial score (nSPS) is 14.2. The molecule has 0 radical (unpaired) electrons. The van der Waals surface area contributed by atoms with Crippen LogP contribution in [0.4, 0.5) is 0 Å². The van der Waals surface area contributed by atoms with Gasteiger partial charge in [0.25, 0.3) is 0 Å². The summed E-state index contributed by atoms with van der Waals surface area (Å²) < 4.78 is 5.65. The molecule has 0 amide bonds. The van der Waals surface area contributed by atoms with Crippen LogP contribution in [0.3, 0.4) is 0 Å². The monoisotopic (exact) mass is 293 g/mol. The van der Waals surface area contributed by atoms with E-state index in [4.69, 9.17) is 4.74 Å². The van der Waals surface area contributed by atoms with Crippen molar-refractivity contribution in [2.75, 3.05) is 13.2 Å². The Morgan fingerprint density at radius 2 is 1.86 bits per heavy atom. The summed E-state index contributed by atoms with van der Waals surface area (Å²) >= 11 is 0. The largest absolute Gasteiger partial charge is 0.491 e. The zero-order valence-electron chi connectivity index (χ0n) is 13.9. The second-order valence-electron chi connectivity index (χ2n) is 6.36. The molecule has 0 aliphatic carbocycles. The SMILES string of the molecule is Cc1ccccc1OCC(O)CNC(C)CCCC(C)C. The molecule has 0 fully saturated rings. The number of nitrogens with one attached hydrogen (secondary N) is 1. The molecule has 3 heteroatoms. The van der Waals surface area contributed by atoms with Crippen molar-refractivity contribution >= 4 is 0 Å². The second-order valence-corrected chi connectivity index (χ2v) is 6.36. The number of hydrogen-bond donors (Lipinski definition) is 2. The minimum absolute atomic E-state index is 0.330. The number of benzene rings is 1. The van der Waals surface area contributed by atoms with E-state index in [2.05, 4.69) is 26.1 Å². The summed E-state index contributed by atoms with van der Waals surface area (Å²) in [6, 6.07) is 8.32. The lowest BCUT2D eigenvalue weighted by Gasteiger charge is -2.18. The van der Waals surface area contributed by atoms with Gasteiger partial charge < -0.3 is 15.2 Å². The molecule has 0 heterocycles. The fraction of sp³-hybridized carbons (Fsp3) is 0.667. The van der Waals surface area contributed by atoms with Crippen molar-refractivity contribution in [3.8, 4) is 5.75 Å². The minimum atomic E-state index is -0.475. The molecule has 2 unspecified atom stereocenters. The zero-order valence-corrected chi connectivity index (χ0v) is 13.9. The number of aryl methyl sites for hydroxylation is 1. The molecule has 3 nitrogen and oxygen atoms in total. The molecule has 1 rings (SSSR count). The molecule has 120 valence electrons. The maximum Gasteiger partial charge on any atom is 0.122 e. The standard InChI is InChI=1S/C18H31NO2/c1-14(2)8-7-10-16(4)19-12-17(20)13-21-18-11-6-5-9-15(18)3/h5-6,9,11,14,16-17,19-20H,7-8,10,12-13H2,1-4H3. The van der Waals surface area contributed by atoms with Gasteiger partial charge in [0, 0.05) is 12.6 Å². The zero-order chi connectivity index (χ0) is 15.7. The third kappa shape index (κ3) is 8.08. The van der Waals surface area contributed by atoms with Crippen LogP contribution in [0.2, 0.25) is 0 Å². The van der Waals surface area contributed by atoms with E-state index >= 15 is 0 Å². The summed E-state index contributed by atoms with van der Waals surface area (Å²) in [4.78, 5) is 0. The van der Waals surface area contributed by atoms with Gasteiger partial charge in [-0.3, -0.25) is 0 Å². The summed E-state index contributed by atoms with van der Waals surface area (Å²) in [5, 5.41) is 13.4. The summed E-state index contributed by atoms with van der Waals surface area (Å²) in [6.45, 7) is 9.60. The Morgan fingerprint density at radius 1 is 1.14 bits per heavy atom. The first-order valence-corrected chi connectivity index (χ1v) is 8.09. The quantitative estimate of drug-likeness (QED) is 0.693. The van der Waals surface area contributed by atoms with E-state index in [1.165, 1.54) is 12.8 Å². The average molecular weight is 293 g/mol. The van der Waals surface area contributed by atoms with E-state index in [9.17, 15) is 5.11 Å². The Bertz CT molecular complexity index is 393. The van der Waals surface area contributed by atoms with Gasteiger partial charge in [-0.05, 0) is 37.8 Å². The van der Waals surface area contributed by atoms with Gasteiger partial charge in [-0.1, -0.05) is 44.9 Å². The summed E-state index contributed by atoms with van der Waals surface area (Å²) in [6.07, 6.45) is 3.19. The fourth-order valence-electron chi connectivity index (χ4n) is 2.23. The van der Waals surface area contributed by atoms with Gasteiger partial charge in [0.2, 0.25) is 0 Å². The van der Waals surface area contributed by atoms with Crippen molar-refractivity contribution in [3.05, 3.63) is 29.8 Å². The minimum Gasteiger partial charge on any atom is -0.491 e. The Labute approximate surface area is 129 Å². The summed E-state index contributed by atoms with van der Waals surface area (Å²) in [5.74, 6) is 1.62. The molecule has 0 saturated heterocycles. The van der Waals surface area contributed by atoms with Crippen LogP contribution < -0.4 is 10.1 Å². The molecule has 0 aliphatic heterocycles. The highest BCUT2D eigenvalue weighted by Crippen LogP contribution is 2.16. The molecule has 0 aromatic heterocycles. The third-order valence-corrected chi connectivity index (χ3v) is 3.65. The summed E-state index contributed by atoms with van der Waals surface area (Å²) in [5.41, 5.74) is 1.10. The van der Waals surface area contributed by atoms with Crippen molar-refractivity contribution in [1.82, 2.24) is 5.32 Å². The Balaban J connectivity index is 2.16. The smallest absolute Gasteiger partial charge is 0.122 e. The lowest BCUT2D eigenvalue weighted by atomic mass is 10.0. The average Bonchev–Trinajstić information content (AvgIpc) is 2.44. The maximum absolute atomic E-state index is 9.98. The molecule has 2 atom stereocenters. The predicted octanol–water partition coefficient (Wildman–Crippen LogP) is 3.54. The van der Waals surface area contributed by atoms with Crippen molar-refractivity contribution in [1.29, 1.82) is 0 Å². The molecule has 1 aromatic rings. The number of aliphatic hydroxyl groups is 1. The van der Waals surface area contributed by atoms with Crippen LogP contribution >= 0.6 is 0 Å². The van der Waals surface area contributed by atoms with Gasteiger partial charge in [-0.2, -0.15) is 0 Å². The lowest BCUT2D eigenvalue weighted by molar-refractivity contribution is 0.103. The third-order valence-electron chi connectivity index (χ3n) is 3.65. The topological polar surface area (TPSA) is 41.5 Å². The number of para-hydroxylation sites is 1. The van der Waals surface area contributed by atoms with Crippen molar-refractivity contribution in [2.24, 2.45) is 5.92 Å².